The molecule has 1 aromatic rings. The summed E-state index contributed by atoms with van der Waals surface area (Å²) in [6.07, 6.45) is 3.64. The smallest absolute Gasteiger partial charge is 0.116 e. The van der Waals surface area contributed by atoms with Crippen molar-refractivity contribution in [1.82, 2.24) is 0 Å². The highest BCUT2D eigenvalue weighted by molar-refractivity contribution is 5.61. The first kappa shape index (κ1) is 23.2. The summed E-state index contributed by atoms with van der Waals surface area (Å²) in [7, 11) is 0. The van der Waals surface area contributed by atoms with Gasteiger partial charge >= 0.3 is 0 Å². The maximum Gasteiger partial charge on any atom is 0.116 e. The first-order chi connectivity index (χ1) is 10.6. The van der Waals surface area contributed by atoms with E-state index in [1.807, 2.05) is 6.92 Å². The third-order valence-corrected chi connectivity index (χ3v) is 3.22. The predicted molar refractivity (Wildman–Crippen MR) is 103 cm³/mol. The van der Waals surface area contributed by atoms with Crippen LogP contribution < -0.4 is 0 Å². The predicted octanol–water partition coefficient (Wildman–Crippen LogP) is 6.15. The molecule has 0 unspecified atom stereocenters. The van der Waals surface area contributed by atoms with Gasteiger partial charge in [-0.15, -0.1) is 0 Å². The molecule has 0 aliphatic carbocycles. The Labute approximate surface area is 142 Å². The van der Waals surface area contributed by atoms with Crippen molar-refractivity contribution in [2.24, 2.45) is 5.41 Å². The average Bonchev–Trinajstić information content (AvgIpc) is 2.45. The standard InChI is InChI=1S/C17H24.2C2H4O/c1-13(2)16-11-9-15(10-12-16)8-7-14(3)17(4,5)6;2*1-2-3/h9-12H,1,3,7-8H2,2,4-6H3;2H,1H3;2-3H,1H2. The Bertz CT molecular complexity index is 482. The van der Waals surface area contributed by atoms with Crippen molar-refractivity contribution >= 4 is 11.9 Å². The molecule has 128 valence electrons. The van der Waals surface area contributed by atoms with Crippen molar-refractivity contribution in [3.63, 3.8) is 0 Å². The summed E-state index contributed by atoms with van der Waals surface area (Å²) in [4.78, 5) is 8.81. The second-order valence-corrected chi connectivity index (χ2v) is 6.25. The number of hydrogen-bond acceptors (Lipinski definition) is 2. The van der Waals surface area contributed by atoms with Gasteiger partial charge < -0.3 is 9.90 Å². The molecule has 0 saturated heterocycles. The number of aliphatic hydroxyl groups excluding tert-OH is 1. The maximum absolute atomic E-state index is 8.81. The lowest BCUT2D eigenvalue weighted by Crippen LogP contribution is -2.09. The van der Waals surface area contributed by atoms with E-state index in [2.05, 4.69) is 64.8 Å². The molecule has 2 heteroatoms. The number of aryl methyl sites for hydroxylation is 1. The van der Waals surface area contributed by atoms with Crippen LogP contribution in [0.15, 0.2) is 55.8 Å². The molecule has 0 bridgehead atoms. The minimum Gasteiger partial charge on any atom is -0.516 e. The molecule has 0 aliphatic heterocycles. The van der Waals surface area contributed by atoms with Gasteiger partial charge in [0.15, 0.2) is 0 Å². The fraction of sp³-hybridized carbons (Fsp3) is 0.381. The van der Waals surface area contributed by atoms with Crippen LogP contribution in [0.4, 0.5) is 0 Å². The van der Waals surface area contributed by atoms with Crippen LogP contribution in [-0.2, 0) is 11.2 Å². The largest absolute Gasteiger partial charge is 0.516 e. The monoisotopic (exact) mass is 316 g/mol. The molecule has 0 atom stereocenters. The normalized spacial score (nSPS) is 9.43. The van der Waals surface area contributed by atoms with Crippen molar-refractivity contribution < 1.29 is 9.90 Å². The van der Waals surface area contributed by atoms with Crippen LogP contribution in [-0.4, -0.2) is 11.4 Å². The molecule has 0 heterocycles. The number of aliphatic hydroxyl groups is 1. The molecule has 0 fully saturated rings. The number of aldehydes is 1. The topological polar surface area (TPSA) is 37.3 Å². The van der Waals surface area contributed by atoms with E-state index in [1.54, 1.807) is 0 Å². The van der Waals surface area contributed by atoms with Crippen molar-refractivity contribution in [2.75, 3.05) is 0 Å². The third-order valence-electron chi connectivity index (χ3n) is 3.22. The van der Waals surface area contributed by atoms with Crippen molar-refractivity contribution in [2.45, 2.75) is 47.5 Å². The first-order valence-corrected chi connectivity index (χ1v) is 7.72. The number of allylic oxidation sites excluding steroid dienone is 2. The van der Waals surface area contributed by atoms with E-state index in [-0.39, 0.29) is 5.41 Å². The molecule has 0 aliphatic rings. The molecule has 0 spiro atoms. The van der Waals surface area contributed by atoms with Gasteiger partial charge in [-0.05, 0) is 43.2 Å². The summed E-state index contributed by atoms with van der Waals surface area (Å²) in [6, 6.07) is 8.69. The Hall–Kier alpha value is -2.09. The molecular weight excluding hydrogens is 284 g/mol. The SMILES string of the molecule is C=C(C)c1ccc(CCC(=C)C(C)(C)C)cc1.C=CO.CC=O. The number of benzene rings is 1. The number of carbonyl (C=O) groups is 1. The summed E-state index contributed by atoms with van der Waals surface area (Å²) in [6.45, 7) is 21.2. The lowest BCUT2D eigenvalue weighted by molar-refractivity contribution is -0.106. The average molecular weight is 316 g/mol. The highest BCUT2D eigenvalue weighted by Gasteiger charge is 2.14. The summed E-state index contributed by atoms with van der Waals surface area (Å²) in [5, 5.41) is 7.33. The van der Waals surface area contributed by atoms with Gasteiger partial charge in [-0.1, -0.05) is 75.9 Å². The van der Waals surface area contributed by atoms with Gasteiger partial charge in [0, 0.05) is 0 Å². The Morgan fingerprint density at radius 2 is 1.57 bits per heavy atom. The van der Waals surface area contributed by atoms with Gasteiger partial charge in [-0.25, -0.2) is 0 Å². The number of rotatable bonds is 4. The molecule has 0 saturated carbocycles. The highest BCUT2D eigenvalue weighted by Crippen LogP contribution is 2.27. The summed E-state index contributed by atoms with van der Waals surface area (Å²) in [5.74, 6) is 0. The number of hydrogen-bond donors (Lipinski definition) is 1. The summed E-state index contributed by atoms with van der Waals surface area (Å²) in [5.41, 5.74) is 5.26. The van der Waals surface area contributed by atoms with Crippen LogP contribution in [0.1, 0.15) is 52.2 Å². The fourth-order valence-electron chi connectivity index (χ4n) is 1.63. The van der Waals surface area contributed by atoms with E-state index in [1.165, 1.54) is 23.6 Å². The van der Waals surface area contributed by atoms with Crippen LogP contribution >= 0.6 is 0 Å². The minimum absolute atomic E-state index is 0.220. The van der Waals surface area contributed by atoms with Gasteiger partial charge in [-0.3, -0.25) is 0 Å². The number of carbonyl (C=O) groups excluding carboxylic acids is 1. The van der Waals surface area contributed by atoms with Crippen LogP contribution in [0.25, 0.3) is 5.57 Å². The molecule has 1 aromatic carbocycles. The maximum atomic E-state index is 8.81. The van der Waals surface area contributed by atoms with E-state index in [9.17, 15) is 0 Å². The molecule has 1 rings (SSSR count). The van der Waals surface area contributed by atoms with Gasteiger partial charge in [0.05, 0.1) is 6.26 Å². The quantitative estimate of drug-likeness (QED) is 0.411. The van der Waals surface area contributed by atoms with Gasteiger partial charge in [0.1, 0.15) is 6.29 Å². The Morgan fingerprint density at radius 3 is 1.87 bits per heavy atom. The second kappa shape index (κ2) is 12.5. The summed E-state index contributed by atoms with van der Waals surface area (Å²) >= 11 is 0. The Morgan fingerprint density at radius 1 is 1.17 bits per heavy atom. The van der Waals surface area contributed by atoms with Gasteiger partial charge in [0.2, 0.25) is 0 Å². The van der Waals surface area contributed by atoms with Gasteiger partial charge in [-0.2, -0.15) is 0 Å². The van der Waals surface area contributed by atoms with Crippen molar-refractivity contribution in [3.05, 3.63) is 67.0 Å². The summed E-state index contributed by atoms with van der Waals surface area (Å²) < 4.78 is 0. The first-order valence-electron chi connectivity index (χ1n) is 7.72. The lowest BCUT2D eigenvalue weighted by Gasteiger charge is -2.21. The molecule has 0 radical (unpaired) electrons. The van der Waals surface area contributed by atoms with Crippen LogP contribution in [0.3, 0.4) is 0 Å². The molecule has 1 N–H and O–H groups in total. The zero-order chi connectivity index (χ0) is 18.5. The third kappa shape index (κ3) is 12.2. The zero-order valence-corrected chi connectivity index (χ0v) is 15.4. The zero-order valence-electron chi connectivity index (χ0n) is 15.4. The second-order valence-electron chi connectivity index (χ2n) is 6.25. The van der Waals surface area contributed by atoms with E-state index < -0.39 is 0 Å². The Kier molecular flexibility index (Phi) is 12.6. The highest BCUT2D eigenvalue weighted by atomic mass is 16.2. The van der Waals surface area contributed by atoms with Crippen molar-refractivity contribution in [3.8, 4) is 0 Å². The van der Waals surface area contributed by atoms with Crippen LogP contribution in [0.2, 0.25) is 0 Å². The molecule has 2 nitrogen and oxygen atoms in total. The minimum atomic E-state index is 0.220. The molecule has 23 heavy (non-hydrogen) atoms. The van der Waals surface area contributed by atoms with E-state index in [4.69, 9.17) is 9.90 Å². The van der Waals surface area contributed by atoms with E-state index >= 15 is 0 Å². The molecule has 0 aromatic heterocycles. The van der Waals surface area contributed by atoms with E-state index in [0.29, 0.717) is 0 Å². The van der Waals surface area contributed by atoms with E-state index in [0.717, 1.165) is 31.0 Å². The van der Waals surface area contributed by atoms with Gasteiger partial charge in [0.25, 0.3) is 0 Å². The lowest BCUT2D eigenvalue weighted by atomic mass is 9.84. The molecule has 0 amide bonds. The molecular formula is C21H32O2. The fourth-order valence-corrected chi connectivity index (χ4v) is 1.63. The van der Waals surface area contributed by atoms with Crippen LogP contribution in [0.5, 0.6) is 0 Å². The van der Waals surface area contributed by atoms with Crippen LogP contribution in [0, 0.1) is 5.41 Å². The Balaban J connectivity index is 0. The van der Waals surface area contributed by atoms with Crippen molar-refractivity contribution in [1.29, 1.82) is 0 Å².